The number of carbonyl (C=O) groups excluding carboxylic acids is 1. The molecule has 0 unspecified atom stereocenters. The normalized spacial score (nSPS) is 17.3. The Kier molecular flexibility index (Phi) is 4.84. The average Bonchev–Trinajstić information content (AvgIpc) is 2.43. The van der Waals surface area contributed by atoms with Crippen molar-refractivity contribution in [2.24, 2.45) is 5.92 Å². The largest absolute Gasteiger partial charge is 0.497 e. The second-order valence-electron chi connectivity index (χ2n) is 5.40. The third kappa shape index (κ3) is 3.87. The fourth-order valence-corrected chi connectivity index (χ4v) is 2.27. The molecule has 0 saturated heterocycles. The fraction of sp³-hybridized carbons (Fsp3) is 0.533. The van der Waals surface area contributed by atoms with E-state index in [1.165, 1.54) is 5.56 Å². The summed E-state index contributed by atoms with van der Waals surface area (Å²) < 4.78 is 10.9. The van der Waals surface area contributed by atoms with E-state index in [0.717, 1.165) is 17.9 Å². The molecular weight excluding hydrogens is 256 g/mol. The van der Waals surface area contributed by atoms with Crippen LogP contribution in [0.25, 0.3) is 0 Å². The van der Waals surface area contributed by atoms with Gasteiger partial charge in [0.05, 0.1) is 20.3 Å². The fourth-order valence-electron chi connectivity index (χ4n) is 2.27. The summed E-state index contributed by atoms with van der Waals surface area (Å²) in [6.07, 6.45) is 0.918. The van der Waals surface area contributed by atoms with Crippen LogP contribution in [-0.4, -0.2) is 51.7 Å². The van der Waals surface area contributed by atoms with E-state index in [2.05, 4.69) is 5.32 Å². The zero-order valence-electron chi connectivity index (χ0n) is 12.3. The summed E-state index contributed by atoms with van der Waals surface area (Å²) in [7, 11) is 5.41. The van der Waals surface area contributed by atoms with Crippen molar-refractivity contribution >= 4 is 5.91 Å². The Morgan fingerprint density at radius 1 is 1.50 bits per heavy atom. The molecule has 0 fully saturated rings. The minimum atomic E-state index is 0.0514. The maximum Gasteiger partial charge on any atom is 0.234 e. The Balaban J connectivity index is 1.87. The van der Waals surface area contributed by atoms with Crippen molar-refractivity contribution < 1.29 is 14.3 Å². The van der Waals surface area contributed by atoms with Gasteiger partial charge in [-0.2, -0.15) is 0 Å². The van der Waals surface area contributed by atoms with Gasteiger partial charge in [0.2, 0.25) is 5.91 Å². The maximum absolute atomic E-state index is 11.6. The van der Waals surface area contributed by atoms with Gasteiger partial charge in [-0.15, -0.1) is 0 Å². The lowest BCUT2D eigenvalue weighted by Crippen LogP contribution is -2.38. The van der Waals surface area contributed by atoms with E-state index in [-0.39, 0.29) is 5.91 Å². The number of benzene rings is 1. The monoisotopic (exact) mass is 278 g/mol. The molecule has 1 aromatic rings. The van der Waals surface area contributed by atoms with E-state index in [1.54, 1.807) is 7.11 Å². The Hall–Kier alpha value is -1.75. The van der Waals surface area contributed by atoms with Crippen LogP contribution < -0.4 is 14.8 Å². The van der Waals surface area contributed by atoms with Crippen molar-refractivity contribution in [3.8, 4) is 11.5 Å². The van der Waals surface area contributed by atoms with Gasteiger partial charge in [-0.05, 0) is 32.1 Å². The highest BCUT2D eigenvalue weighted by molar-refractivity contribution is 5.77. The molecule has 1 heterocycles. The minimum absolute atomic E-state index is 0.0514. The van der Waals surface area contributed by atoms with Crippen LogP contribution >= 0.6 is 0 Å². The molecule has 0 aliphatic carbocycles. The summed E-state index contributed by atoms with van der Waals surface area (Å²) in [6.45, 7) is 1.70. The number of hydrogen-bond acceptors (Lipinski definition) is 4. The molecule has 2 rings (SSSR count). The number of methoxy groups -OCH3 is 1. The van der Waals surface area contributed by atoms with Crippen LogP contribution in [0.3, 0.4) is 0 Å². The topological polar surface area (TPSA) is 50.8 Å². The van der Waals surface area contributed by atoms with Crippen LogP contribution in [-0.2, 0) is 11.2 Å². The molecule has 1 aromatic carbocycles. The Labute approximate surface area is 119 Å². The molecule has 0 aromatic heterocycles. The summed E-state index contributed by atoms with van der Waals surface area (Å²) in [6, 6.07) is 5.88. The van der Waals surface area contributed by atoms with E-state index in [9.17, 15) is 4.79 Å². The average molecular weight is 278 g/mol. The first-order valence-electron chi connectivity index (χ1n) is 6.79. The van der Waals surface area contributed by atoms with Gasteiger partial charge in [-0.1, -0.05) is 6.07 Å². The van der Waals surface area contributed by atoms with E-state index in [1.807, 2.05) is 37.2 Å². The molecule has 1 amide bonds. The lowest BCUT2D eigenvalue weighted by Gasteiger charge is -2.26. The highest BCUT2D eigenvalue weighted by atomic mass is 16.5. The van der Waals surface area contributed by atoms with Gasteiger partial charge in [-0.25, -0.2) is 0 Å². The number of nitrogens with one attached hydrogen (secondary N) is 1. The van der Waals surface area contributed by atoms with Gasteiger partial charge in [-0.3, -0.25) is 4.79 Å². The molecule has 0 radical (unpaired) electrons. The lowest BCUT2D eigenvalue weighted by molar-refractivity contribution is -0.121. The number of ether oxygens (including phenoxy) is 2. The number of likely N-dealkylation sites (N-methyl/N-ethyl adjacent to an activating group) is 1. The first-order valence-corrected chi connectivity index (χ1v) is 6.79. The molecule has 5 heteroatoms. The van der Waals surface area contributed by atoms with Crippen molar-refractivity contribution in [3.05, 3.63) is 23.8 Å². The van der Waals surface area contributed by atoms with Crippen molar-refractivity contribution in [3.63, 3.8) is 0 Å². The molecule has 1 N–H and O–H groups in total. The van der Waals surface area contributed by atoms with E-state index < -0.39 is 0 Å². The second kappa shape index (κ2) is 6.61. The minimum Gasteiger partial charge on any atom is -0.497 e. The molecule has 0 saturated carbocycles. The van der Waals surface area contributed by atoms with Gasteiger partial charge in [0.25, 0.3) is 0 Å². The van der Waals surface area contributed by atoms with E-state index in [0.29, 0.717) is 25.6 Å². The quantitative estimate of drug-likeness (QED) is 0.870. The standard InChI is InChI=1S/C15H22N2O3/c1-17(2)9-15(18)16-8-11-6-12-4-5-13(19-3)7-14(12)20-10-11/h4-5,7,11H,6,8-10H2,1-3H3,(H,16,18)/t11-/m0/s1. The summed E-state index contributed by atoms with van der Waals surface area (Å²) in [5, 5.41) is 2.95. The SMILES string of the molecule is COc1ccc2c(c1)OC[C@H](CNC(=O)CN(C)C)C2. The first kappa shape index (κ1) is 14.7. The van der Waals surface area contributed by atoms with Gasteiger partial charge >= 0.3 is 0 Å². The molecule has 1 aliphatic rings. The summed E-state index contributed by atoms with van der Waals surface area (Å²) in [5.41, 5.74) is 1.17. The summed E-state index contributed by atoms with van der Waals surface area (Å²) in [4.78, 5) is 13.5. The molecule has 5 nitrogen and oxygen atoms in total. The predicted octanol–water partition coefficient (Wildman–Crippen LogP) is 0.924. The third-order valence-electron chi connectivity index (χ3n) is 3.31. The van der Waals surface area contributed by atoms with Gasteiger partial charge in [0.15, 0.2) is 0 Å². The third-order valence-corrected chi connectivity index (χ3v) is 3.31. The number of carbonyl (C=O) groups is 1. The zero-order chi connectivity index (χ0) is 14.5. The Morgan fingerprint density at radius 3 is 3.00 bits per heavy atom. The summed E-state index contributed by atoms with van der Waals surface area (Å²) >= 11 is 0. The van der Waals surface area contributed by atoms with Crippen molar-refractivity contribution in [1.29, 1.82) is 0 Å². The molecule has 0 spiro atoms. The summed E-state index contributed by atoms with van der Waals surface area (Å²) in [5.74, 6) is 2.07. The second-order valence-corrected chi connectivity index (χ2v) is 5.40. The molecule has 0 bridgehead atoms. The van der Waals surface area contributed by atoms with Crippen LogP contribution in [0.4, 0.5) is 0 Å². The number of fused-ring (bicyclic) bond motifs is 1. The predicted molar refractivity (Wildman–Crippen MR) is 77.2 cm³/mol. The number of rotatable bonds is 5. The molecule has 20 heavy (non-hydrogen) atoms. The van der Waals surface area contributed by atoms with Gasteiger partial charge < -0.3 is 19.7 Å². The molecule has 1 atom stereocenters. The van der Waals surface area contributed by atoms with Crippen LogP contribution in [0.2, 0.25) is 0 Å². The Bertz CT molecular complexity index is 474. The number of nitrogens with zero attached hydrogens (tertiary/aromatic N) is 1. The van der Waals surface area contributed by atoms with Crippen molar-refractivity contribution in [1.82, 2.24) is 10.2 Å². The smallest absolute Gasteiger partial charge is 0.234 e. The highest BCUT2D eigenvalue weighted by Gasteiger charge is 2.20. The van der Waals surface area contributed by atoms with Crippen LogP contribution in [0.15, 0.2) is 18.2 Å². The molecule has 1 aliphatic heterocycles. The van der Waals surface area contributed by atoms with Gasteiger partial charge in [0, 0.05) is 18.5 Å². The van der Waals surface area contributed by atoms with Crippen molar-refractivity contribution in [2.45, 2.75) is 6.42 Å². The first-order chi connectivity index (χ1) is 9.58. The van der Waals surface area contributed by atoms with Gasteiger partial charge in [0.1, 0.15) is 11.5 Å². The number of hydrogen-bond donors (Lipinski definition) is 1. The van der Waals surface area contributed by atoms with Crippen LogP contribution in [0, 0.1) is 5.92 Å². The van der Waals surface area contributed by atoms with E-state index >= 15 is 0 Å². The van der Waals surface area contributed by atoms with Crippen LogP contribution in [0.1, 0.15) is 5.56 Å². The lowest BCUT2D eigenvalue weighted by atomic mass is 9.96. The zero-order valence-corrected chi connectivity index (χ0v) is 12.3. The number of amides is 1. The molecule has 110 valence electrons. The Morgan fingerprint density at radius 2 is 2.30 bits per heavy atom. The van der Waals surface area contributed by atoms with Crippen LogP contribution in [0.5, 0.6) is 11.5 Å². The molecular formula is C15H22N2O3. The van der Waals surface area contributed by atoms with Crippen molar-refractivity contribution in [2.75, 3.05) is 40.9 Å². The maximum atomic E-state index is 11.6. The highest BCUT2D eigenvalue weighted by Crippen LogP contribution is 2.30. The van der Waals surface area contributed by atoms with E-state index in [4.69, 9.17) is 9.47 Å².